The predicted octanol–water partition coefficient (Wildman–Crippen LogP) is 12.3. The molecule has 2 saturated heterocycles. The number of nitrogens with zero attached hydrogens (tertiary/aromatic N) is 4. The largest absolute Gasteiger partial charge is 0.530 e. The Kier molecular flexibility index (Phi) is 18.7. The number of nitriles is 1. The number of rotatable bonds is 29. The van der Waals surface area contributed by atoms with E-state index in [-0.39, 0.29) is 23.2 Å². The first-order chi connectivity index (χ1) is 30.6. The van der Waals surface area contributed by atoms with Crippen molar-refractivity contribution in [3.63, 3.8) is 0 Å². The average molecular weight is 909 g/mol. The highest BCUT2D eigenvalue weighted by atomic mass is 35.5. The van der Waals surface area contributed by atoms with Crippen molar-refractivity contribution >= 4 is 30.8 Å². The molecule has 0 saturated carbocycles. The van der Waals surface area contributed by atoms with E-state index in [1.54, 1.807) is 54.8 Å². The molecule has 6 atom stereocenters. The summed E-state index contributed by atoms with van der Waals surface area (Å²) in [6.45, 7) is 5.46. The first-order valence-electron chi connectivity index (χ1n) is 23.1. The number of anilines is 1. The van der Waals surface area contributed by atoms with E-state index in [1.807, 2.05) is 30.3 Å². The van der Waals surface area contributed by atoms with Crippen LogP contribution in [-0.2, 0) is 39.2 Å². The van der Waals surface area contributed by atoms with E-state index in [0.717, 1.165) is 24.8 Å². The van der Waals surface area contributed by atoms with Crippen LogP contribution in [0, 0.1) is 11.3 Å². The predicted molar refractivity (Wildman–Crippen MR) is 244 cm³/mol. The molecule has 344 valence electrons. The van der Waals surface area contributed by atoms with Gasteiger partial charge in [0.1, 0.15) is 48.6 Å². The normalized spacial score (nSPS) is 21.9. The fourth-order valence-corrected chi connectivity index (χ4v) is 9.90. The highest BCUT2D eigenvalue weighted by Crippen LogP contribution is 2.55. The van der Waals surface area contributed by atoms with Crippen LogP contribution in [0.4, 0.5) is 5.82 Å². The number of nitrogens with two attached hydrogens (primary N) is 1. The molecule has 13 nitrogen and oxygen atoms in total. The molecule has 2 N–H and O–H groups in total. The third kappa shape index (κ3) is 14.0. The summed E-state index contributed by atoms with van der Waals surface area (Å²) in [5.74, 6) is -0.708. The summed E-state index contributed by atoms with van der Waals surface area (Å²) in [5, 5.41) is 15.4. The zero-order chi connectivity index (χ0) is 44.5. The van der Waals surface area contributed by atoms with Gasteiger partial charge in [-0.05, 0) is 50.1 Å². The van der Waals surface area contributed by atoms with Crippen LogP contribution in [0.2, 0.25) is 5.02 Å². The van der Waals surface area contributed by atoms with Gasteiger partial charge in [-0.15, -0.1) is 0 Å². The van der Waals surface area contributed by atoms with Gasteiger partial charge in [0.2, 0.25) is 5.60 Å². The van der Waals surface area contributed by atoms with E-state index >= 15 is 0 Å². The molecule has 0 bridgehead atoms. The number of phosphoric acid groups is 1. The molecule has 2 aromatic heterocycles. The Bertz CT molecular complexity index is 2080. The quantitative estimate of drug-likeness (QED) is 0.0406. The van der Waals surface area contributed by atoms with Crippen LogP contribution >= 0.6 is 19.4 Å². The summed E-state index contributed by atoms with van der Waals surface area (Å²) in [7, 11) is -4.53. The molecule has 4 heterocycles. The van der Waals surface area contributed by atoms with Crippen LogP contribution < -0.4 is 10.3 Å². The summed E-state index contributed by atoms with van der Waals surface area (Å²) in [4.78, 5) is 4.09. The minimum atomic E-state index is -4.53. The number of nitrogen functional groups attached to an aromatic ring is 1. The molecule has 1 unspecified atom stereocenters. The number of unbranched alkanes of at least 4 members (excludes halogenated alkanes) is 15. The minimum Gasteiger partial charge on any atom is -0.402 e. The summed E-state index contributed by atoms with van der Waals surface area (Å²) in [5.41, 5.74) is 6.45. The average Bonchev–Trinajstić information content (AvgIpc) is 3.95. The molecule has 2 aliphatic heterocycles. The zero-order valence-corrected chi connectivity index (χ0v) is 39.0. The van der Waals surface area contributed by atoms with E-state index in [0.29, 0.717) is 24.2 Å². The van der Waals surface area contributed by atoms with E-state index in [4.69, 9.17) is 49.9 Å². The van der Waals surface area contributed by atoms with Gasteiger partial charge in [-0.25, -0.2) is 14.1 Å². The number of aromatic nitrogens is 3. The van der Waals surface area contributed by atoms with Gasteiger partial charge in [-0.1, -0.05) is 164 Å². The molecule has 2 fully saturated rings. The van der Waals surface area contributed by atoms with Gasteiger partial charge in [-0.2, -0.15) is 10.4 Å². The van der Waals surface area contributed by atoms with Gasteiger partial charge in [0.15, 0.2) is 11.6 Å². The van der Waals surface area contributed by atoms with Gasteiger partial charge in [0.05, 0.1) is 30.0 Å². The van der Waals surface area contributed by atoms with Crippen molar-refractivity contribution in [2.24, 2.45) is 0 Å². The molecule has 0 amide bonds. The van der Waals surface area contributed by atoms with Gasteiger partial charge in [-0.3, -0.25) is 9.05 Å². The monoisotopic (exact) mass is 907 g/mol. The highest BCUT2D eigenvalue weighted by molar-refractivity contribution is 7.49. The second-order valence-corrected chi connectivity index (χ2v) is 19.3. The smallest absolute Gasteiger partial charge is 0.402 e. The van der Waals surface area contributed by atoms with Crippen molar-refractivity contribution in [3.05, 3.63) is 89.3 Å². The van der Waals surface area contributed by atoms with Crippen LogP contribution in [0.25, 0.3) is 5.52 Å². The fourth-order valence-electron chi connectivity index (χ4n) is 8.39. The lowest BCUT2D eigenvalue weighted by atomic mass is 9.96. The summed E-state index contributed by atoms with van der Waals surface area (Å²) < 4.78 is 60.3. The molecule has 6 rings (SSSR count). The Morgan fingerprint density at radius 1 is 0.841 bits per heavy atom. The van der Waals surface area contributed by atoms with Crippen molar-refractivity contribution in [3.8, 4) is 11.8 Å². The summed E-state index contributed by atoms with van der Waals surface area (Å²) in [6, 6.07) is 22.3. The minimum absolute atomic E-state index is 0.0923. The maximum absolute atomic E-state index is 14.8. The standard InChI is InChI=1S/C48H67ClN5O8P/c1-4-5-6-7-8-9-10-11-12-13-14-15-16-17-18-22-27-38(56-32-37-25-20-19-21-26-37)33-57-63(55,62-42-29-24-23-28-39(42)49)58-35-48(34-50)45-44(59-47(2,3)61-45)43(60-48)40-30-31-41-46(51)52-36-53-54(40)41/h19-21,23-26,28-31,36,38,43-45H,4-18,22,27,32-33,35H2,1-3H3,(H2,51,52,53)/t38-,43-,44-,45-,48+,63?/m0/s1. The van der Waals surface area contributed by atoms with Crippen LogP contribution in [0.3, 0.4) is 0 Å². The van der Waals surface area contributed by atoms with E-state index < -0.39 is 50.2 Å². The fraction of sp³-hybridized carbons (Fsp3) is 0.604. The van der Waals surface area contributed by atoms with Crippen molar-refractivity contribution in [1.82, 2.24) is 14.6 Å². The van der Waals surface area contributed by atoms with E-state index in [9.17, 15) is 9.83 Å². The molecule has 4 aromatic rings. The van der Waals surface area contributed by atoms with Gasteiger partial charge in [0, 0.05) is 0 Å². The molecule has 0 aliphatic carbocycles. The SMILES string of the molecule is CCCCCCCCCCCCCCCCCC[C@@H](COP(=O)(OC[C@@]1(C#N)O[C@@H](c2ccc3c(N)ncnn23)[C@@H]2OC(C)(C)O[C@@H]21)Oc1ccccc1Cl)OCc1ccccc1. The van der Waals surface area contributed by atoms with Gasteiger partial charge in [0.25, 0.3) is 0 Å². The van der Waals surface area contributed by atoms with Crippen LogP contribution in [0.5, 0.6) is 5.75 Å². The van der Waals surface area contributed by atoms with Crippen LogP contribution in [0.15, 0.2) is 73.1 Å². The number of halogens is 1. The molecular weight excluding hydrogens is 841 g/mol. The maximum atomic E-state index is 14.8. The van der Waals surface area contributed by atoms with Crippen molar-refractivity contribution in [2.45, 2.75) is 172 Å². The third-order valence-electron chi connectivity index (χ3n) is 11.8. The molecule has 63 heavy (non-hydrogen) atoms. The Labute approximate surface area is 378 Å². The summed E-state index contributed by atoms with van der Waals surface area (Å²) >= 11 is 6.50. The van der Waals surface area contributed by atoms with Gasteiger partial charge < -0.3 is 29.2 Å². The molecule has 2 aromatic carbocycles. The molecular formula is C48H67ClN5O8P. The lowest BCUT2D eigenvalue weighted by Crippen LogP contribution is -2.46. The Balaban J connectivity index is 1.08. The van der Waals surface area contributed by atoms with Gasteiger partial charge >= 0.3 is 7.82 Å². The molecule has 15 heteroatoms. The second-order valence-electron chi connectivity index (χ2n) is 17.3. The Hall–Kier alpha value is -3.57. The highest BCUT2D eigenvalue weighted by Gasteiger charge is 2.65. The number of hydrogen-bond acceptors (Lipinski definition) is 12. The number of fused-ring (bicyclic) bond motifs is 2. The Morgan fingerprint density at radius 3 is 2.13 bits per heavy atom. The zero-order valence-electron chi connectivity index (χ0n) is 37.3. The first kappa shape index (κ1) is 48.9. The molecule has 0 radical (unpaired) electrons. The number of ether oxygens (including phenoxy) is 4. The lowest BCUT2D eigenvalue weighted by Gasteiger charge is -2.30. The van der Waals surface area contributed by atoms with E-state index in [1.165, 1.54) is 89.8 Å². The topological polar surface area (TPSA) is 162 Å². The van der Waals surface area contributed by atoms with Crippen LogP contribution in [-0.4, -0.2) is 57.5 Å². The number of para-hydroxylation sites is 1. The van der Waals surface area contributed by atoms with Crippen LogP contribution in [0.1, 0.15) is 147 Å². The number of benzene rings is 2. The van der Waals surface area contributed by atoms with E-state index in [2.05, 4.69) is 23.1 Å². The first-order valence-corrected chi connectivity index (χ1v) is 24.9. The van der Waals surface area contributed by atoms with Crippen molar-refractivity contribution in [2.75, 3.05) is 18.9 Å². The lowest BCUT2D eigenvalue weighted by molar-refractivity contribution is -0.204. The summed E-state index contributed by atoms with van der Waals surface area (Å²) in [6.07, 6.45) is 19.5. The van der Waals surface area contributed by atoms with Crippen molar-refractivity contribution < 1.29 is 37.1 Å². The molecule has 2 aliphatic rings. The second kappa shape index (κ2) is 24.1. The third-order valence-corrected chi connectivity index (χ3v) is 13.5. The number of phosphoric ester groups is 1. The number of hydrogen-bond donors (Lipinski definition) is 1. The Morgan fingerprint density at radius 2 is 1.48 bits per heavy atom. The maximum Gasteiger partial charge on any atom is 0.530 e. The van der Waals surface area contributed by atoms with Crippen molar-refractivity contribution in [1.29, 1.82) is 5.26 Å². The molecule has 0 spiro atoms.